The number of likely N-dealkylation sites (tertiary alicyclic amines) is 1. The van der Waals surface area contributed by atoms with Gasteiger partial charge in [0.05, 0.1) is 75.4 Å². The fourth-order valence-corrected chi connectivity index (χ4v) is 7.74. The van der Waals surface area contributed by atoms with E-state index in [9.17, 15) is 22.8 Å². The number of hydrogen-bond acceptors (Lipinski definition) is 12. The lowest BCUT2D eigenvalue weighted by Gasteiger charge is -2.25. The van der Waals surface area contributed by atoms with E-state index < -0.39 is 10.0 Å². The maximum atomic E-state index is 11.9. The van der Waals surface area contributed by atoms with E-state index in [1.54, 1.807) is 84.9 Å². The molecule has 5 aromatic rings. The normalized spacial score (nSPS) is 13.8. The number of piperidine rings is 1. The highest BCUT2D eigenvalue weighted by atomic mass is 35.5. The minimum absolute atomic E-state index is 0.0245. The smallest absolute Gasteiger partial charge is 0.255 e. The summed E-state index contributed by atoms with van der Waals surface area (Å²) < 4.78 is 29.2. The van der Waals surface area contributed by atoms with Gasteiger partial charge in [-0.2, -0.15) is 0 Å². The number of halogens is 4. The molecule has 0 spiro atoms. The van der Waals surface area contributed by atoms with Crippen molar-refractivity contribution < 1.29 is 27.5 Å². The Labute approximate surface area is 405 Å². The number of rotatable bonds is 10. The van der Waals surface area contributed by atoms with Crippen molar-refractivity contribution in [1.29, 1.82) is 0 Å². The lowest BCUT2D eigenvalue weighted by molar-refractivity contribution is -0.118. The molecular weight excluding hydrogens is 950 g/mol. The van der Waals surface area contributed by atoms with E-state index in [0.717, 1.165) is 32.4 Å². The Morgan fingerprint density at radius 3 is 1.32 bits per heavy atom. The molecule has 2 saturated heterocycles. The first-order valence-electron chi connectivity index (χ1n) is 20.5. The van der Waals surface area contributed by atoms with Gasteiger partial charge in [0.2, 0.25) is 21.8 Å². The molecule has 2 aliphatic rings. The summed E-state index contributed by atoms with van der Waals surface area (Å²) in [5.41, 5.74) is 27.1. The molecule has 2 fully saturated rings. The van der Waals surface area contributed by atoms with E-state index in [0.29, 0.717) is 92.4 Å². The number of nitrogens with zero attached hydrogens (tertiary/aromatic N) is 2. The van der Waals surface area contributed by atoms with Crippen molar-refractivity contribution in [3.05, 3.63) is 129 Å². The summed E-state index contributed by atoms with van der Waals surface area (Å²) in [5.74, 6) is -0.301. The predicted octanol–water partition coefficient (Wildman–Crippen LogP) is 8.01. The van der Waals surface area contributed by atoms with Crippen LogP contribution in [0.1, 0.15) is 29.6 Å². The zero-order valence-electron chi connectivity index (χ0n) is 36.2. The van der Waals surface area contributed by atoms with Crippen molar-refractivity contribution in [1.82, 2.24) is 9.80 Å². The molecule has 0 aromatic heterocycles. The Balaban J connectivity index is 0.000000194. The number of nitrogens with one attached hydrogen (secondary N) is 4. The van der Waals surface area contributed by atoms with E-state index in [1.165, 1.54) is 31.4 Å². The van der Waals surface area contributed by atoms with Crippen LogP contribution in [0.4, 0.5) is 45.5 Å². The van der Waals surface area contributed by atoms with Gasteiger partial charge in [0.1, 0.15) is 0 Å². The van der Waals surface area contributed by atoms with Gasteiger partial charge < -0.3 is 43.6 Å². The number of ether oxygens (including phenoxy) is 1. The molecule has 66 heavy (non-hydrogen) atoms. The Kier molecular flexibility index (Phi) is 21.4. The van der Waals surface area contributed by atoms with Gasteiger partial charge in [0.15, 0.2) is 0 Å². The zero-order chi connectivity index (χ0) is 48.2. The molecule has 0 bridgehead atoms. The number of carbonyl (C=O) groups is 3. The number of carbonyl (C=O) groups excluding carboxylic acids is 3. The van der Waals surface area contributed by atoms with Gasteiger partial charge in [-0.3, -0.25) is 28.9 Å². The third-order valence-corrected chi connectivity index (χ3v) is 11.2. The van der Waals surface area contributed by atoms with Gasteiger partial charge in [-0.05, 0) is 111 Å². The summed E-state index contributed by atoms with van der Waals surface area (Å²) >= 11 is 23.7. The molecule has 3 amide bonds. The summed E-state index contributed by atoms with van der Waals surface area (Å²) in [5, 5.41) is 9.95. The fourth-order valence-electron chi connectivity index (χ4n) is 6.16. The largest absolute Gasteiger partial charge is 0.399 e. The van der Waals surface area contributed by atoms with E-state index in [4.69, 9.17) is 74.1 Å². The summed E-state index contributed by atoms with van der Waals surface area (Å²) in [6.07, 6.45) is 4.67. The van der Waals surface area contributed by atoms with Crippen LogP contribution in [0, 0.1) is 0 Å². The second-order valence-electron chi connectivity index (χ2n) is 15.0. The molecule has 2 heterocycles. The number of amides is 3. The molecule has 0 saturated carbocycles. The van der Waals surface area contributed by atoms with Gasteiger partial charge in [0.25, 0.3) is 5.91 Å². The minimum atomic E-state index is -3.29. The van der Waals surface area contributed by atoms with Crippen LogP contribution < -0.4 is 43.6 Å². The van der Waals surface area contributed by atoms with E-state index in [2.05, 4.69) is 25.6 Å². The van der Waals surface area contributed by atoms with Crippen molar-refractivity contribution in [2.45, 2.75) is 19.3 Å². The van der Waals surface area contributed by atoms with Crippen LogP contribution in [0.2, 0.25) is 20.1 Å². The summed E-state index contributed by atoms with van der Waals surface area (Å²) in [7, 11) is -3.29. The lowest BCUT2D eigenvalue weighted by atomic mass is 10.1. The van der Waals surface area contributed by atoms with Crippen molar-refractivity contribution in [3.8, 4) is 0 Å². The van der Waals surface area contributed by atoms with E-state index in [1.807, 2.05) is 11.0 Å². The number of morpholine rings is 1. The average Bonchev–Trinajstić information content (AvgIpc) is 3.26. The van der Waals surface area contributed by atoms with E-state index in [-0.39, 0.29) is 22.7 Å². The van der Waals surface area contributed by atoms with Crippen LogP contribution in [0.5, 0.6) is 0 Å². The first kappa shape index (κ1) is 53.1. The number of nitrogen functional groups attached to an aromatic ring is 4. The Bertz CT molecular complexity index is 2430. The average molecular weight is 1000 g/mol. The SMILES string of the molecule is CS(=O)(=O)Nc1ccc(N)cc1Cl.Nc1ccc(NC(=O)CN2CCCCC2)c(Cl)c1.Nc1ccc(NC(=O)CN2CCOCC2)c(Cl)c1.Nc1ccc(NC(=O)c2ccccc2)c(Cl)c1. The number of benzene rings is 5. The maximum Gasteiger partial charge on any atom is 0.255 e. The number of hydrogen-bond donors (Lipinski definition) is 8. The molecule has 16 nitrogen and oxygen atoms in total. The summed E-state index contributed by atoms with van der Waals surface area (Å²) in [6, 6.07) is 28.6. The Morgan fingerprint density at radius 1 is 0.545 bits per heavy atom. The molecule has 21 heteroatoms. The van der Waals surface area contributed by atoms with Gasteiger partial charge in [-0.15, -0.1) is 0 Å². The summed E-state index contributed by atoms with van der Waals surface area (Å²) in [6.45, 7) is 5.70. The number of anilines is 8. The molecule has 0 atom stereocenters. The third-order valence-electron chi connectivity index (χ3n) is 9.39. The quantitative estimate of drug-likeness (QED) is 0.0620. The second-order valence-corrected chi connectivity index (χ2v) is 18.4. The summed E-state index contributed by atoms with van der Waals surface area (Å²) in [4.78, 5) is 39.8. The first-order chi connectivity index (χ1) is 31.3. The monoisotopic (exact) mass is 1000 g/mol. The van der Waals surface area contributed by atoms with Crippen LogP contribution in [0.3, 0.4) is 0 Å². The first-order valence-corrected chi connectivity index (χ1v) is 23.9. The van der Waals surface area contributed by atoms with Crippen molar-refractivity contribution in [2.24, 2.45) is 0 Å². The molecule has 2 aliphatic heterocycles. The number of nitrogens with two attached hydrogens (primary N) is 4. The van der Waals surface area contributed by atoms with Crippen LogP contribution in [-0.2, 0) is 24.3 Å². The molecule has 0 unspecified atom stereocenters. The molecule has 12 N–H and O–H groups in total. The number of sulfonamides is 1. The van der Waals surface area contributed by atoms with Gasteiger partial charge in [0, 0.05) is 41.4 Å². The van der Waals surface area contributed by atoms with Crippen molar-refractivity contribution in [2.75, 3.05) is 102 Å². The molecule has 0 radical (unpaired) electrons. The molecule has 354 valence electrons. The van der Waals surface area contributed by atoms with Gasteiger partial charge in [-0.25, -0.2) is 8.42 Å². The molecule has 0 aliphatic carbocycles. The minimum Gasteiger partial charge on any atom is -0.399 e. The zero-order valence-corrected chi connectivity index (χ0v) is 40.0. The van der Waals surface area contributed by atoms with E-state index >= 15 is 0 Å². The van der Waals surface area contributed by atoms with Crippen molar-refractivity contribution in [3.63, 3.8) is 0 Å². The van der Waals surface area contributed by atoms with Crippen molar-refractivity contribution >= 4 is 120 Å². The maximum absolute atomic E-state index is 11.9. The topological polar surface area (TPSA) is 253 Å². The lowest BCUT2D eigenvalue weighted by Crippen LogP contribution is -2.41. The van der Waals surface area contributed by atoms with Crippen LogP contribution in [0.25, 0.3) is 0 Å². The predicted molar refractivity (Wildman–Crippen MR) is 271 cm³/mol. The van der Waals surface area contributed by atoms with Crippen LogP contribution in [-0.4, -0.2) is 94.7 Å². The standard InChI is InChI=1S/C13H18ClN3O.C13H11ClN2O.C12H16ClN3O2.C7H9ClN2O2S/c14-11-8-10(15)4-5-12(11)16-13(18)9-17-6-2-1-3-7-17;14-11-8-10(15)6-7-12(11)16-13(17)9-4-2-1-3-5-9;13-10-7-9(14)1-2-11(10)15-12(17)8-16-3-5-18-6-4-16;1-13(11,12)10-7-3-2-5(9)4-6(7)8/h4-5,8H,1-3,6-7,9,15H2,(H,16,18);1-8H,15H2,(H,16,17);1-2,7H,3-6,8,14H2,(H,15,17);2-4,10H,9H2,1H3. The van der Waals surface area contributed by atoms with Gasteiger partial charge >= 0.3 is 0 Å². The second kappa shape index (κ2) is 26.6. The van der Waals surface area contributed by atoms with Crippen LogP contribution in [0.15, 0.2) is 103 Å². The third kappa shape index (κ3) is 19.5. The molecular formula is C45H54Cl4N10O6S. The fraction of sp³-hybridized carbons (Fsp3) is 0.267. The molecule has 5 aromatic carbocycles. The Hall–Kier alpha value is -5.50. The Morgan fingerprint density at radius 2 is 0.924 bits per heavy atom. The van der Waals surface area contributed by atoms with Gasteiger partial charge in [-0.1, -0.05) is 71.0 Å². The highest BCUT2D eigenvalue weighted by Gasteiger charge is 2.16. The highest BCUT2D eigenvalue weighted by Crippen LogP contribution is 2.27. The van der Waals surface area contributed by atoms with Crippen LogP contribution >= 0.6 is 46.4 Å². The molecule has 7 rings (SSSR count). The highest BCUT2D eigenvalue weighted by molar-refractivity contribution is 7.92.